The quantitative estimate of drug-likeness (QED) is 0.853. The van der Waals surface area contributed by atoms with Crippen LogP contribution in [0.4, 0.5) is 5.69 Å². The average Bonchev–Trinajstić information content (AvgIpc) is 2.60. The predicted octanol–water partition coefficient (Wildman–Crippen LogP) is 2.54. The van der Waals surface area contributed by atoms with Gasteiger partial charge in [0.1, 0.15) is 6.61 Å². The lowest BCUT2D eigenvalue weighted by molar-refractivity contribution is 0.307. The highest BCUT2D eigenvalue weighted by atomic mass is 35.5. The third kappa shape index (κ3) is 2.36. The summed E-state index contributed by atoms with van der Waals surface area (Å²) in [6, 6.07) is 5.31. The average molecular weight is 252 g/mol. The number of benzene rings is 1. The third-order valence-corrected chi connectivity index (χ3v) is 3.00. The molecular formula is C12H14ClN3O. The Balaban J connectivity index is 2.15. The Morgan fingerprint density at radius 1 is 1.47 bits per heavy atom. The van der Waals surface area contributed by atoms with Gasteiger partial charge in [0.15, 0.2) is 5.75 Å². The van der Waals surface area contributed by atoms with E-state index < -0.39 is 0 Å². The number of rotatable bonds is 3. The maximum Gasteiger partial charge on any atom is 0.161 e. The third-order valence-electron chi connectivity index (χ3n) is 2.71. The highest BCUT2D eigenvalue weighted by Gasteiger charge is 2.08. The Morgan fingerprint density at radius 3 is 2.82 bits per heavy atom. The lowest BCUT2D eigenvalue weighted by Gasteiger charge is -2.10. The molecule has 5 heteroatoms. The minimum atomic E-state index is 0.410. The number of para-hydroxylation sites is 1. The Labute approximate surface area is 105 Å². The van der Waals surface area contributed by atoms with E-state index >= 15 is 0 Å². The summed E-state index contributed by atoms with van der Waals surface area (Å²) >= 11 is 6.01. The Kier molecular flexibility index (Phi) is 3.24. The zero-order chi connectivity index (χ0) is 12.4. The highest BCUT2D eigenvalue weighted by Crippen LogP contribution is 2.31. The van der Waals surface area contributed by atoms with Crippen molar-refractivity contribution in [3.63, 3.8) is 0 Å². The molecule has 0 atom stereocenters. The second-order valence-electron chi connectivity index (χ2n) is 3.83. The summed E-state index contributed by atoms with van der Waals surface area (Å²) in [6.07, 6.45) is 1.78. The maximum absolute atomic E-state index is 6.01. The van der Waals surface area contributed by atoms with Gasteiger partial charge in [0.05, 0.1) is 16.9 Å². The molecule has 1 aromatic carbocycles. The van der Waals surface area contributed by atoms with Crippen molar-refractivity contribution in [2.45, 2.75) is 13.5 Å². The van der Waals surface area contributed by atoms with Crippen molar-refractivity contribution in [3.05, 3.63) is 40.7 Å². The van der Waals surface area contributed by atoms with Crippen molar-refractivity contribution in [2.75, 3.05) is 5.73 Å². The van der Waals surface area contributed by atoms with E-state index in [1.165, 1.54) is 0 Å². The van der Waals surface area contributed by atoms with Crippen LogP contribution < -0.4 is 10.5 Å². The van der Waals surface area contributed by atoms with E-state index in [4.69, 9.17) is 22.1 Å². The molecule has 1 aromatic heterocycles. The number of anilines is 1. The van der Waals surface area contributed by atoms with Gasteiger partial charge in [-0.05, 0) is 19.1 Å². The van der Waals surface area contributed by atoms with Crippen molar-refractivity contribution in [3.8, 4) is 5.75 Å². The van der Waals surface area contributed by atoms with Crippen molar-refractivity contribution >= 4 is 17.3 Å². The molecule has 0 amide bonds. The van der Waals surface area contributed by atoms with Gasteiger partial charge in [-0.3, -0.25) is 4.68 Å². The number of nitrogens with two attached hydrogens (primary N) is 1. The van der Waals surface area contributed by atoms with Crippen molar-refractivity contribution < 1.29 is 4.74 Å². The molecule has 0 aliphatic carbocycles. The summed E-state index contributed by atoms with van der Waals surface area (Å²) in [5.74, 6) is 0.525. The minimum Gasteiger partial charge on any atom is -0.485 e. The Morgan fingerprint density at radius 2 is 2.24 bits per heavy atom. The lowest BCUT2D eigenvalue weighted by Crippen LogP contribution is -2.01. The topological polar surface area (TPSA) is 53.1 Å². The monoisotopic (exact) mass is 251 g/mol. The van der Waals surface area contributed by atoms with Crippen LogP contribution >= 0.6 is 11.6 Å². The Bertz CT molecular complexity index is 516. The summed E-state index contributed by atoms with van der Waals surface area (Å²) in [7, 11) is 1.89. The second-order valence-corrected chi connectivity index (χ2v) is 4.23. The molecule has 1 heterocycles. The number of ether oxygens (including phenoxy) is 1. The summed E-state index contributed by atoms with van der Waals surface area (Å²) in [6.45, 7) is 2.40. The number of hydrogen-bond acceptors (Lipinski definition) is 3. The molecule has 0 unspecified atom stereocenters. The SMILES string of the molecule is Cc1c(COc2c(N)cccc2Cl)cnn1C. The molecule has 0 radical (unpaired) electrons. The largest absolute Gasteiger partial charge is 0.485 e. The molecule has 0 saturated heterocycles. The van der Waals surface area contributed by atoms with Gasteiger partial charge >= 0.3 is 0 Å². The van der Waals surface area contributed by atoms with Crippen LogP contribution in [-0.2, 0) is 13.7 Å². The normalized spacial score (nSPS) is 10.5. The number of aryl methyl sites for hydroxylation is 1. The fraction of sp³-hybridized carbons (Fsp3) is 0.250. The zero-order valence-corrected chi connectivity index (χ0v) is 10.5. The first-order chi connectivity index (χ1) is 8.09. The molecule has 0 fully saturated rings. The Hall–Kier alpha value is -1.68. The molecule has 4 nitrogen and oxygen atoms in total. The van der Waals surface area contributed by atoms with Gasteiger partial charge in [-0.1, -0.05) is 17.7 Å². The summed E-state index contributed by atoms with van der Waals surface area (Å²) in [5.41, 5.74) is 8.42. The van der Waals surface area contributed by atoms with Crippen LogP contribution in [0.3, 0.4) is 0 Å². The number of halogens is 1. The molecule has 90 valence electrons. The number of hydrogen-bond donors (Lipinski definition) is 1. The summed E-state index contributed by atoms with van der Waals surface area (Å²) in [5, 5.41) is 4.67. The maximum atomic E-state index is 6.01. The van der Waals surface area contributed by atoms with Crippen LogP contribution in [0.15, 0.2) is 24.4 Å². The van der Waals surface area contributed by atoms with Crippen LogP contribution in [-0.4, -0.2) is 9.78 Å². The number of nitrogen functional groups attached to an aromatic ring is 1. The smallest absolute Gasteiger partial charge is 0.161 e. The number of aromatic nitrogens is 2. The van der Waals surface area contributed by atoms with E-state index in [0.717, 1.165) is 11.3 Å². The highest BCUT2D eigenvalue weighted by molar-refractivity contribution is 6.32. The van der Waals surface area contributed by atoms with Gasteiger partial charge in [-0.2, -0.15) is 5.10 Å². The van der Waals surface area contributed by atoms with E-state index in [0.29, 0.717) is 23.1 Å². The van der Waals surface area contributed by atoms with Gasteiger partial charge < -0.3 is 10.5 Å². The fourth-order valence-corrected chi connectivity index (χ4v) is 1.75. The van der Waals surface area contributed by atoms with E-state index in [-0.39, 0.29) is 0 Å². The van der Waals surface area contributed by atoms with Crippen molar-refractivity contribution in [1.29, 1.82) is 0 Å². The first kappa shape index (κ1) is 11.8. The van der Waals surface area contributed by atoms with Gasteiger partial charge in [0, 0.05) is 18.3 Å². The molecule has 0 aliphatic heterocycles. The van der Waals surface area contributed by atoms with E-state index in [1.54, 1.807) is 29.1 Å². The zero-order valence-electron chi connectivity index (χ0n) is 9.77. The standard InChI is InChI=1S/C12H14ClN3O/c1-8-9(6-15-16(8)2)7-17-12-10(13)4-3-5-11(12)14/h3-6H,7,14H2,1-2H3. The molecule has 2 rings (SSSR count). The summed E-state index contributed by atoms with van der Waals surface area (Å²) < 4.78 is 7.44. The molecule has 0 saturated carbocycles. The van der Waals surface area contributed by atoms with Crippen LogP contribution in [0.25, 0.3) is 0 Å². The molecular weight excluding hydrogens is 238 g/mol. The van der Waals surface area contributed by atoms with Crippen molar-refractivity contribution in [1.82, 2.24) is 9.78 Å². The van der Waals surface area contributed by atoms with E-state index in [9.17, 15) is 0 Å². The van der Waals surface area contributed by atoms with Gasteiger partial charge in [-0.25, -0.2) is 0 Å². The van der Waals surface area contributed by atoms with Crippen LogP contribution in [0.5, 0.6) is 5.75 Å². The fourth-order valence-electron chi connectivity index (χ4n) is 1.51. The predicted molar refractivity (Wildman–Crippen MR) is 68.1 cm³/mol. The molecule has 2 N–H and O–H groups in total. The second kappa shape index (κ2) is 4.67. The van der Waals surface area contributed by atoms with Gasteiger partial charge in [0.25, 0.3) is 0 Å². The minimum absolute atomic E-state index is 0.410. The first-order valence-electron chi connectivity index (χ1n) is 5.24. The lowest BCUT2D eigenvalue weighted by atomic mass is 10.2. The molecule has 17 heavy (non-hydrogen) atoms. The molecule has 0 bridgehead atoms. The molecule has 0 aliphatic rings. The first-order valence-corrected chi connectivity index (χ1v) is 5.61. The van der Waals surface area contributed by atoms with Crippen LogP contribution in [0.2, 0.25) is 5.02 Å². The van der Waals surface area contributed by atoms with E-state index in [1.807, 2.05) is 14.0 Å². The van der Waals surface area contributed by atoms with Crippen molar-refractivity contribution in [2.24, 2.45) is 7.05 Å². The van der Waals surface area contributed by atoms with E-state index in [2.05, 4.69) is 5.10 Å². The van der Waals surface area contributed by atoms with Crippen LogP contribution in [0.1, 0.15) is 11.3 Å². The molecule has 0 spiro atoms. The van der Waals surface area contributed by atoms with Gasteiger partial charge in [-0.15, -0.1) is 0 Å². The number of nitrogens with zero attached hydrogens (tertiary/aromatic N) is 2. The summed E-state index contributed by atoms with van der Waals surface area (Å²) in [4.78, 5) is 0. The van der Waals surface area contributed by atoms with Crippen LogP contribution in [0, 0.1) is 6.92 Å². The molecule has 2 aromatic rings. The van der Waals surface area contributed by atoms with Gasteiger partial charge in [0.2, 0.25) is 0 Å².